The molecule has 2 aliphatic heterocycles. The molecule has 13 nitrogen and oxygen atoms in total. The number of hydrogen-bond acceptors (Lipinski definition) is 12. The third-order valence-corrected chi connectivity index (χ3v) is 9.02. The molecule has 0 unspecified atom stereocenters. The molecule has 1 aliphatic carbocycles. The van der Waals surface area contributed by atoms with Crippen molar-refractivity contribution in [2.45, 2.75) is 61.2 Å². The maximum absolute atomic E-state index is 13.9. The molecule has 6 N–H and O–H groups in total. The molecule has 1 amide bonds. The Kier molecular flexibility index (Phi) is 11.7. The summed E-state index contributed by atoms with van der Waals surface area (Å²) in [6.07, 6.45) is -4.67. The Morgan fingerprint density at radius 3 is 2.20 bits per heavy atom. The summed E-state index contributed by atoms with van der Waals surface area (Å²) in [4.78, 5) is 27.0. The molecular formula is C38H41NO12. The highest BCUT2D eigenvalue weighted by Crippen LogP contribution is 2.47. The van der Waals surface area contributed by atoms with Crippen LogP contribution in [0.15, 0.2) is 103 Å². The molecule has 3 aromatic carbocycles. The lowest BCUT2D eigenvalue weighted by molar-refractivity contribution is -0.298. The molecule has 0 spiro atoms. The first kappa shape index (κ1) is 36.5. The van der Waals surface area contributed by atoms with Gasteiger partial charge in [0.1, 0.15) is 42.7 Å². The van der Waals surface area contributed by atoms with E-state index in [0.29, 0.717) is 11.1 Å². The van der Waals surface area contributed by atoms with Gasteiger partial charge in [0.15, 0.2) is 6.29 Å². The van der Waals surface area contributed by atoms with Crippen molar-refractivity contribution in [1.82, 2.24) is 5.32 Å². The van der Waals surface area contributed by atoms with Crippen LogP contribution in [0, 0.1) is 0 Å². The number of carbonyl (C=O) groups is 2. The molecule has 270 valence electrons. The number of ether oxygens (including phenoxy) is 5. The van der Waals surface area contributed by atoms with Crippen molar-refractivity contribution in [3.05, 3.63) is 125 Å². The van der Waals surface area contributed by atoms with Crippen molar-refractivity contribution in [2.75, 3.05) is 26.4 Å². The monoisotopic (exact) mass is 703 g/mol. The van der Waals surface area contributed by atoms with E-state index >= 15 is 0 Å². The van der Waals surface area contributed by atoms with Crippen LogP contribution < -0.4 is 5.32 Å². The molecule has 2 saturated heterocycles. The molecule has 0 aromatic heterocycles. The van der Waals surface area contributed by atoms with Crippen LogP contribution in [-0.2, 0) is 34.3 Å². The number of nitrogens with one attached hydrogen (secondary N) is 1. The summed E-state index contributed by atoms with van der Waals surface area (Å²) in [6.45, 7) is -0.891. The van der Waals surface area contributed by atoms with Crippen LogP contribution in [0.25, 0.3) is 6.08 Å². The fraction of sp³-hybridized carbons (Fsp3) is 0.368. The van der Waals surface area contributed by atoms with Gasteiger partial charge >= 0.3 is 5.97 Å². The Morgan fingerprint density at radius 1 is 0.863 bits per heavy atom. The number of benzene rings is 3. The largest absolute Gasteiger partial charge is 0.456 e. The van der Waals surface area contributed by atoms with E-state index in [4.69, 9.17) is 23.7 Å². The lowest BCUT2D eigenvalue weighted by Gasteiger charge is -2.39. The van der Waals surface area contributed by atoms with Crippen molar-refractivity contribution >= 4 is 18.0 Å². The minimum Gasteiger partial charge on any atom is -0.456 e. The van der Waals surface area contributed by atoms with Crippen molar-refractivity contribution < 1.29 is 58.8 Å². The quantitative estimate of drug-likeness (QED) is 0.148. The highest BCUT2D eigenvalue weighted by atomic mass is 16.8. The Morgan fingerprint density at radius 2 is 1.53 bits per heavy atom. The van der Waals surface area contributed by atoms with E-state index in [1.165, 1.54) is 0 Å². The smallest absolute Gasteiger partial charge is 0.339 e. The SMILES string of the molecule is O=C(NCCO)C1=C[C@H]2OC(c3ccccc3)(c3ccccc3)O[C@H]2[C@H](OC(=O)c2ccccc2C=CCO[C@H]2O[C@H](CO)[C@H](O)[C@H](O)[C@H]2O)C1. The zero-order valence-corrected chi connectivity index (χ0v) is 27.6. The molecule has 51 heavy (non-hydrogen) atoms. The number of carbonyl (C=O) groups excluding carboxylic acids is 2. The number of aliphatic hydroxyl groups is 5. The second kappa shape index (κ2) is 16.4. The maximum Gasteiger partial charge on any atom is 0.339 e. The molecule has 0 bridgehead atoms. The second-order valence-electron chi connectivity index (χ2n) is 12.4. The Labute approximate surface area is 294 Å². The predicted octanol–water partition coefficient (Wildman–Crippen LogP) is 1.17. The van der Waals surface area contributed by atoms with Gasteiger partial charge in [0, 0.05) is 29.7 Å². The number of amides is 1. The normalized spacial score (nSPS) is 28.5. The first-order chi connectivity index (χ1) is 24.8. The zero-order chi connectivity index (χ0) is 36.0. The van der Waals surface area contributed by atoms with Crippen LogP contribution >= 0.6 is 0 Å². The zero-order valence-electron chi connectivity index (χ0n) is 27.6. The summed E-state index contributed by atoms with van der Waals surface area (Å²) in [7, 11) is 0. The Hall–Kier alpha value is -4.28. The van der Waals surface area contributed by atoms with Gasteiger partial charge in [0.25, 0.3) is 0 Å². The van der Waals surface area contributed by atoms with E-state index in [0.717, 1.165) is 11.1 Å². The Balaban J connectivity index is 1.22. The van der Waals surface area contributed by atoms with Crippen molar-refractivity contribution in [3.63, 3.8) is 0 Å². The second-order valence-corrected chi connectivity index (χ2v) is 12.4. The van der Waals surface area contributed by atoms with Crippen LogP contribution in [0.1, 0.15) is 33.5 Å². The first-order valence-electron chi connectivity index (χ1n) is 16.7. The highest BCUT2D eigenvalue weighted by Gasteiger charge is 2.55. The van der Waals surface area contributed by atoms with Crippen LogP contribution in [0.3, 0.4) is 0 Å². The van der Waals surface area contributed by atoms with Gasteiger partial charge in [-0.3, -0.25) is 4.79 Å². The summed E-state index contributed by atoms with van der Waals surface area (Å²) in [5.74, 6) is -2.46. The summed E-state index contributed by atoms with van der Waals surface area (Å²) < 4.78 is 30.5. The summed E-state index contributed by atoms with van der Waals surface area (Å²) in [5.41, 5.74) is 2.46. The fourth-order valence-electron chi connectivity index (χ4n) is 6.43. The van der Waals surface area contributed by atoms with Crippen LogP contribution in [0.2, 0.25) is 0 Å². The molecule has 0 saturated carbocycles. The molecule has 2 heterocycles. The van der Waals surface area contributed by atoms with E-state index in [2.05, 4.69) is 5.32 Å². The van der Waals surface area contributed by atoms with Crippen molar-refractivity contribution in [3.8, 4) is 0 Å². The molecule has 0 radical (unpaired) electrons. The van der Waals surface area contributed by atoms with E-state index < -0.39 is 73.3 Å². The lowest BCUT2D eigenvalue weighted by Crippen LogP contribution is -2.59. The number of aliphatic hydroxyl groups excluding tert-OH is 5. The number of rotatable bonds is 12. The molecule has 13 heteroatoms. The minimum atomic E-state index is -1.57. The average Bonchev–Trinajstić information content (AvgIpc) is 3.57. The molecule has 6 rings (SSSR count). The van der Waals surface area contributed by atoms with Gasteiger partial charge < -0.3 is 54.5 Å². The van der Waals surface area contributed by atoms with Crippen molar-refractivity contribution in [2.24, 2.45) is 0 Å². The molecule has 8 atom stereocenters. The molecule has 3 aliphatic rings. The van der Waals surface area contributed by atoms with Gasteiger partial charge in [-0.2, -0.15) is 0 Å². The topological polar surface area (TPSA) is 193 Å². The maximum atomic E-state index is 13.9. The van der Waals surface area contributed by atoms with Gasteiger partial charge in [-0.25, -0.2) is 4.79 Å². The standard InChI is InChI=1S/C38H41NO12/c40-18-17-39-35(45)24-20-28(34-29(21-24)50-38(51-34,25-12-3-1-4-13-25)26-14-5-2-6-15-26)48-36(46)27-16-8-7-10-23(27)11-9-19-47-37-33(44)32(43)31(42)30(22-41)49-37/h1-16,21,28-34,37,40-44H,17-20,22H2,(H,39,45)/t28-,29-,30-,31+,32+,33-,34+,37+/m1/s1. The fourth-order valence-corrected chi connectivity index (χ4v) is 6.43. The van der Waals surface area contributed by atoms with Gasteiger partial charge in [0.2, 0.25) is 11.7 Å². The summed E-state index contributed by atoms with van der Waals surface area (Å²) in [6, 6.07) is 25.5. The minimum absolute atomic E-state index is 0.0259. The van der Waals surface area contributed by atoms with E-state index in [-0.39, 0.29) is 31.7 Å². The predicted molar refractivity (Wildman–Crippen MR) is 181 cm³/mol. The number of esters is 1. The van der Waals surface area contributed by atoms with Crippen LogP contribution in [0.5, 0.6) is 0 Å². The van der Waals surface area contributed by atoms with Crippen molar-refractivity contribution in [1.29, 1.82) is 0 Å². The van der Waals surface area contributed by atoms with E-state index in [9.17, 15) is 35.1 Å². The van der Waals surface area contributed by atoms with Gasteiger partial charge in [-0.15, -0.1) is 0 Å². The molecule has 2 fully saturated rings. The third-order valence-electron chi connectivity index (χ3n) is 9.02. The summed E-state index contributed by atoms with van der Waals surface area (Å²) >= 11 is 0. The van der Waals surface area contributed by atoms with E-state index in [1.807, 2.05) is 60.7 Å². The van der Waals surface area contributed by atoms with Gasteiger partial charge in [0.05, 0.1) is 25.4 Å². The highest BCUT2D eigenvalue weighted by molar-refractivity contribution is 5.95. The van der Waals surface area contributed by atoms with E-state index in [1.54, 1.807) is 42.5 Å². The lowest BCUT2D eigenvalue weighted by atomic mass is 9.91. The first-order valence-corrected chi connectivity index (χ1v) is 16.7. The number of hydrogen-bond donors (Lipinski definition) is 6. The van der Waals surface area contributed by atoms with Crippen LogP contribution in [0.4, 0.5) is 0 Å². The van der Waals surface area contributed by atoms with Gasteiger partial charge in [-0.05, 0) is 17.7 Å². The van der Waals surface area contributed by atoms with Crippen LogP contribution in [-0.4, -0.2) is 113 Å². The van der Waals surface area contributed by atoms with Gasteiger partial charge in [-0.1, -0.05) is 91.0 Å². The number of fused-ring (bicyclic) bond motifs is 1. The third kappa shape index (κ3) is 7.82. The average molecular weight is 704 g/mol. The molecular weight excluding hydrogens is 662 g/mol. The summed E-state index contributed by atoms with van der Waals surface area (Å²) in [5, 5.41) is 51.7. The Bertz CT molecular complexity index is 1660. The molecule has 3 aromatic rings.